The summed E-state index contributed by atoms with van der Waals surface area (Å²) in [6.45, 7) is 2.07. The molecule has 1 unspecified atom stereocenters. The summed E-state index contributed by atoms with van der Waals surface area (Å²) in [5.74, 6) is -0.247. The minimum absolute atomic E-state index is 0.0567. The van der Waals surface area contributed by atoms with E-state index in [2.05, 4.69) is 16.2 Å². The number of hydrogen-bond donors (Lipinski definition) is 3. The van der Waals surface area contributed by atoms with E-state index in [0.29, 0.717) is 6.54 Å². The van der Waals surface area contributed by atoms with Crippen molar-refractivity contribution in [2.45, 2.75) is 19.4 Å². The molecule has 0 spiro atoms. The summed E-state index contributed by atoms with van der Waals surface area (Å²) in [7, 11) is 0. The predicted molar refractivity (Wildman–Crippen MR) is 38.4 cm³/mol. The molecule has 5 nitrogen and oxygen atoms in total. The van der Waals surface area contributed by atoms with Gasteiger partial charge in [-0.3, -0.25) is 15.0 Å². The maximum atomic E-state index is 10.9. The largest absolute Gasteiger partial charge is 0.355 e. The van der Waals surface area contributed by atoms with Gasteiger partial charge in [-0.1, -0.05) is 0 Å². The Kier molecular flexibility index (Phi) is 2.43. The van der Waals surface area contributed by atoms with Crippen LogP contribution in [0.2, 0.25) is 0 Å². The van der Waals surface area contributed by atoms with Crippen LogP contribution in [-0.2, 0) is 9.59 Å². The van der Waals surface area contributed by atoms with Crippen LogP contribution in [-0.4, -0.2) is 24.4 Å². The molecule has 0 aromatic rings. The van der Waals surface area contributed by atoms with Gasteiger partial charge in [-0.25, -0.2) is 5.43 Å². The Labute approximate surface area is 64.5 Å². The van der Waals surface area contributed by atoms with E-state index in [9.17, 15) is 9.59 Å². The Balaban J connectivity index is 2.26. The van der Waals surface area contributed by atoms with Crippen molar-refractivity contribution in [2.75, 3.05) is 6.54 Å². The highest BCUT2D eigenvalue weighted by Gasteiger charge is 2.23. The normalized spacial score (nSPS) is 23.0. The van der Waals surface area contributed by atoms with Gasteiger partial charge in [0.15, 0.2) is 0 Å². The van der Waals surface area contributed by atoms with Crippen LogP contribution in [0.15, 0.2) is 0 Å². The van der Waals surface area contributed by atoms with E-state index in [1.807, 2.05) is 0 Å². The van der Waals surface area contributed by atoms with E-state index in [1.165, 1.54) is 6.92 Å². The van der Waals surface area contributed by atoms with Crippen LogP contribution in [0, 0.1) is 0 Å². The molecule has 62 valence electrons. The molecule has 0 aliphatic carbocycles. The van der Waals surface area contributed by atoms with Crippen molar-refractivity contribution in [3.8, 4) is 0 Å². The Morgan fingerprint density at radius 2 is 2.45 bits per heavy atom. The van der Waals surface area contributed by atoms with Crippen molar-refractivity contribution >= 4 is 11.8 Å². The predicted octanol–water partition coefficient (Wildman–Crippen LogP) is -1.48. The van der Waals surface area contributed by atoms with E-state index in [1.54, 1.807) is 0 Å². The number of amides is 2. The highest BCUT2D eigenvalue weighted by atomic mass is 16.2. The fourth-order valence-corrected chi connectivity index (χ4v) is 0.920. The summed E-state index contributed by atoms with van der Waals surface area (Å²) in [6, 6.07) is -0.265. The smallest absolute Gasteiger partial charge is 0.239 e. The van der Waals surface area contributed by atoms with Crippen LogP contribution in [0.4, 0.5) is 0 Å². The summed E-state index contributed by atoms with van der Waals surface area (Å²) in [5, 5.41) is 2.64. The van der Waals surface area contributed by atoms with Crippen molar-refractivity contribution in [3.63, 3.8) is 0 Å². The first-order chi connectivity index (χ1) is 5.20. The molecule has 1 heterocycles. The van der Waals surface area contributed by atoms with Crippen molar-refractivity contribution in [1.29, 1.82) is 0 Å². The van der Waals surface area contributed by atoms with Gasteiger partial charge in [-0.2, -0.15) is 0 Å². The third kappa shape index (κ3) is 2.19. The zero-order valence-corrected chi connectivity index (χ0v) is 6.31. The average molecular weight is 157 g/mol. The quantitative estimate of drug-likeness (QED) is 0.428. The number of hydrogen-bond acceptors (Lipinski definition) is 3. The summed E-state index contributed by atoms with van der Waals surface area (Å²) in [6.07, 6.45) is 0.721. The van der Waals surface area contributed by atoms with Gasteiger partial charge >= 0.3 is 0 Å². The molecule has 2 amide bonds. The first-order valence-corrected chi connectivity index (χ1v) is 3.50. The molecule has 0 radical (unpaired) electrons. The molecule has 3 N–H and O–H groups in total. The molecule has 11 heavy (non-hydrogen) atoms. The molecule has 1 aliphatic heterocycles. The molecule has 1 rings (SSSR count). The van der Waals surface area contributed by atoms with Crippen LogP contribution < -0.4 is 16.2 Å². The van der Waals surface area contributed by atoms with Crippen molar-refractivity contribution in [3.05, 3.63) is 0 Å². The maximum absolute atomic E-state index is 10.9. The zero-order chi connectivity index (χ0) is 8.27. The monoisotopic (exact) mass is 157 g/mol. The Morgan fingerprint density at radius 3 is 2.91 bits per heavy atom. The minimum Gasteiger partial charge on any atom is -0.355 e. The number of carbonyl (C=O) groups is 2. The zero-order valence-electron chi connectivity index (χ0n) is 6.31. The number of carbonyl (C=O) groups excluding carboxylic acids is 2. The van der Waals surface area contributed by atoms with Gasteiger partial charge in [0.25, 0.3) is 0 Å². The van der Waals surface area contributed by atoms with Crippen LogP contribution >= 0.6 is 0 Å². The van der Waals surface area contributed by atoms with Gasteiger partial charge in [0.2, 0.25) is 11.8 Å². The molecule has 0 bridgehead atoms. The van der Waals surface area contributed by atoms with Crippen LogP contribution in [0.5, 0.6) is 0 Å². The van der Waals surface area contributed by atoms with E-state index < -0.39 is 0 Å². The first-order valence-electron chi connectivity index (χ1n) is 3.50. The summed E-state index contributed by atoms with van der Waals surface area (Å²) >= 11 is 0. The van der Waals surface area contributed by atoms with E-state index in [4.69, 9.17) is 0 Å². The molecular formula is C6H11N3O2. The van der Waals surface area contributed by atoms with Gasteiger partial charge < -0.3 is 5.32 Å². The van der Waals surface area contributed by atoms with Crippen molar-refractivity contribution < 1.29 is 9.59 Å². The molecule has 1 atom stereocenters. The average Bonchev–Trinajstić information content (AvgIpc) is 2.31. The summed E-state index contributed by atoms with van der Waals surface area (Å²) in [4.78, 5) is 21.3. The molecule has 0 aromatic carbocycles. The van der Waals surface area contributed by atoms with Gasteiger partial charge in [0.05, 0.1) is 0 Å². The second-order valence-electron chi connectivity index (χ2n) is 2.46. The molecule has 1 aliphatic rings. The van der Waals surface area contributed by atoms with E-state index in [-0.39, 0.29) is 17.9 Å². The SMILES string of the molecule is CC(=O)NNC1CCNC1=O. The standard InChI is InChI=1S/C6H11N3O2/c1-4(10)8-9-5-2-3-7-6(5)11/h5,9H,2-3H2,1H3,(H,7,11)(H,8,10). The molecule has 0 saturated carbocycles. The van der Waals surface area contributed by atoms with Gasteiger partial charge in [0.1, 0.15) is 6.04 Å². The van der Waals surface area contributed by atoms with E-state index >= 15 is 0 Å². The summed E-state index contributed by atoms with van der Waals surface area (Å²) in [5.41, 5.74) is 4.99. The van der Waals surface area contributed by atoms with Gasteiger partial charge in [0, 0.05) is 13.5 Å². The van der Waals surface area contributed by atoms with Crippen LogP contribution in [0.3, 0.4) is 0 Å². The Hall–Kier alpha value is -1.10. The lowest BCUT2D eigenvalue weighted by atomic mass is 10.3. The van der Waals surface area contributed by atoms with Gasteiger partial charge in [-0.05, 0) is 6.42 Å². The third-order valence-corrected chi connectivity index (χ3v) is 1.47. The van der Waals surface area contributed by atoms with Crippen LogP contribution in [0.25, 0.3) is 0 Å². The lowest BCUT2D eigenvalue weighted by Crippen LogP contribution is -2.46. The van der Waals surface area contributed by atoms with E-state index in [0.717, 1.165) is 6.42 Å². The number of rotatable bonds is 2. The lowest BCUT2D eigenvalue weighted by molar-refractivity contribution is -0.122. The topological polar surface area (TPSA) is 70.2 Å². The Morgan fingerprint density at radius 1 is 1.73 bits per heavy atom. The molecule has 1 fully saturated rings. The number of nitrogens with one attached hydrogen (secondary N) is 3. The van der Waals surface area contributed by atoms with Crippen molar-refractivity contribution in [2.24, 2.45) is 0 Å². The fourth-order valence-electron chi connectivity index (χ4n) is 0.920. The third-order valence-electron chi connectivity index (χ3n) is 1.47. The van der Waals surface area contributed by atoms with Crippen molar-refractivity contribution in [1.82, 2.24) is 16.2 Å². The van der Waals surface area contributed by atoms with Crippen LogP contribution in [0.1, 0.15) is 13.3 Å². The summed E-state index contributed by atoms with van der Waals surface area (Å²) < 4.78 is 0. The second-order valence-corrected chi connectivity index (χ2v) is 2.46. The molecule has 5 heteroatoms. The highest BCUT2D eigenvalue weighted by Crippen LogP contribution is 1.96. The molecular weight excluding hydrogens is 146 g/mol. The molecule has 1 saturated heterocycles. The first kappa shape index (κ1) is 8.00. The fraction of sp³-hybridized carbons (Fsp3) is 0.667. The number of hydrazine groups is 1. The second kappa shape index (κ2) is 3.34. The minimum atomic E-state index is -0.265. The molecule has 0 aromatic heterocycles. The lowest BCUT2D eigenvalue weighted by Gasteiger charge is -2.08. The Bertz CT molecular complexity index is 181. The van der Waals surface area contributed by atoms with Gasteiger partial charge in [-0.15, -0.1) is 0 Å². The highest BCUT2D eigenvalue weighted by molar-refractivity contribution is 5.84. The maximum Gasteiger partial charge on any atom is 0.239 e.